The molecule has 0 bridgehead atoms. The van der Waals surface area contributed by atoms with E-state index >= 15 is 0 Å². The summed E-state index contributed by atoms with van der Waals surface area (Å²) in [6, 6.07) is 6.80. The minimum absolute atomic E-state index is 0.158. The molecule has 1 heterocycles. The lowest BCUT2D eigenvalue weighted by molar-refractivity contribution is 0.409. The Balaban J connectivity index is 2.43. The molecule has 0 amide bonds. The fraction of sp³-hybridized carbons (Fsp3) is 0.647. The molecule has 1 aliphatic heterocycles. The van der Waals surface area contributed by atoms with Gasteiger partial charge < -0.3 is 10.2 Å². The number of nitrogens with zero attached hydrogens (tertiary/aromatic N) is 1. The Labute approximate surface area is 118 Å². The van der Waals surface area contributed by atoms with Crippen LogP contribution in [-0.4, -0.2) is 24.2 Å². The smallest absolute Gasteiger partial charge is 0.0401 e. The van der Waals surface area contributed by atoms with Crippen molar-refractivity contribution in [1.29, 1.82) is 0 Å². The van der Waals surface area contributed by atoms with Crippen LogP contribution in [0.3, 0.4) is 0 Å². The lowest BCUT2D eigenvalue weighted by Crippen LogP contribution is -2.51. The maximum Gasteiger partial charge on any atom is 0.0401 e. The second-order valence-corrected chi connectivity index (χ2v) is 7.25. The molecule has 0 unspecified atom stereocenters. The minimum atomic E-state index is 0.158. The van der Waals surface area contributed by atoms with Crippen LogP contribution in [0.25, 0.3) is 0 Å². The lowest BCUT2D eigenvalue weighted by atomic mass is 9.95. The third-order valence-corrected chi connectivity index (χ3v) is 4.27. The lowest BCUT2D eigenvalue weighted by Gasteiger charge is -2.42. The van der Waals surface area contributed by atoms with Gasteiger partial charge in [0, 0.05) is 23.3 Å². The van der Waals surface area contributed by atoms with Gasteiger partial charge >= 0.3 is 0 Å². The number of benzene rings is 1. The molecule has 0 saturated carbocycles. The van der Waals surface area contributed by atoms with Gasteiger partial charge in [-0.2, -0.15) is 0 Å². The molecule has 1 N–H and O–H groups in total. The Kier molecular flexibility index (Phi) is 3.65. The molecule has 1 aromatic carbocycles. The summed E-state index contributed by atoms with van der Waals surface area (Å²) in [5.74, 6) is 0. The summed E-state index contributed by atoms with van der Waals surface area (Å²) in [7, 11) is 0. The number of hydrogen-bond donors (Lipinski definition) is 1. The van der Waals surface area contributed by atoms with Crippen molar-refractivity contribution in [2.45, 2.75) is 59.0 Å². The first kappa shape index (κ1) is 14.4. The molecule has 1 fully saturated rings. The van der Waals surface area contributed by atoms with Gasteiger partial charge in [0.25, 0.3) is 0 Å². The van der Waals surface area contributed by atoms with E-state index in [1.54, 1.807) is 0 Å². The second-order valence-electron chi connectivity index (χ2n) is 7.25. The van der Waals surface area contributed by atoms with Crippen LogP contribution in [0.2, 0.25) is 0 Å². The van der Waals surface area contributed by atoms with Crippen LogP contribution in [0, 0.1) is 13.8 Å². The summed E-state index contributed by atoms with van der Waals surface area (Å²) >= 11 is 0. The molecule has 2 heteroatoms. The zero-order valence-electron chi connectivity index (χ0n) is 13.3. The fourth-order valence-electron chi connectivity index (χ4n) is 3.03. The highest BCUT2D eigenvalue weighted by molar-refractivity contribution is 5.56. The van der Waals surface area contributed by atoms with Gasteiger partial charge in [0.05, 0.1) is 0 Å². The van der Waals surface area contributed by atoms with Gasteiger partial charge in [0.2, 0.25) is 0 Å². The molecule has 2 nitrogen and oxygen atoms in total. The van der Waals surface area contributed by atoms with Crippen molar-refractivity contribution in [3.63, 3.8) is 0 Å². The highest BCUT2D eigenvalue weighted by Crippen LogP contribution is 2.33. The molecular formula is C17H28N2. The van der Waals surface area contributed by atoms with Crippen molar-refractivity contribution in [2.75, 3.05) is 18.0 Å². The Morgan fingerprint density at radius 3 is 2.42 bits per heavy atom. The number of nitrogens with one attached hydrogen (secondary N) is 1. The van der Waals surface area contributed by atoms with E-state index in [1.807, 2.05) is 0 Å². The molecule has 1 saturated heterocycles. The highest BCUT2D eigenvalue weighted by atomic mass is 15.2. The number of hydrogen-bond acceptors (Lipinski definition) is 2. The van der Waals surface area contributed by atoms with E-state index in [0.717, 1.165) is 13.1 Å². The molecule has 0 aromatic heterocycles. The van der Waals surface area contributed by atoms with Gasteiger partial charge in [0.15, 0.2) is 0 Å². The second kappa shape index (κ2) is 4.82. The normalized spacial score (nSPS) is 22.1. The Morgan fingerprint density at radius 2 is 1.79 bits per heavy atom. The predicted octanol–water partition coefficient (Wildman–Crippen LogP) is 3.66. The third kappa shape index (κ3) is 3.11. The van der Waals surface area contributed by atoms with E-state index in [9.17, 15) is 0 Å². The van der Waals surface area contributed by atoms with Crippen LogP contribution in [0.5, 0.6) is 0 Å². The predicted molar refractivity (Wildman–Crippen MR) is 84.0 cm³/mol. The van der Waals surface area contributed by atoms with E-state index in [0.29, 0.717) is 0 Å². The summed E-state index contributed by atoms with van der Waals surface area (Å²) in [6.45, 7) is 15.8. The van der Waals surface area contributed by atoms with E-state index < -0.39 is 0 Å². The largest absolute Gasteiger partial charge is 0.364 e. The molecule has 0 atom stereocenters. The maximum absolute atomic E-state index is 3.67. The third-order valence-electron chi connectivity index (χ3n) is 4.27. The van der Waals surface area contributed by atoms with Crippen LogP contribution in [-0.2, 0) is 0 Å². The van der Waals surface area contributed by atoms with E-state index in [1.165, 1.54) is 23.2 Å². The quantitative estimate of drug-likeness (QED) is 0.829. The van der Waals surface area contributed by atoms with Gasteiger partial charge in [-0.1, -0.05) is 17.7 Å². The molecule has 19 heavy (non-hydrogen) atoms. The van der Waals surface area contributed by atoms with Crippen molar-refractivity contribution < 1.29 is 0 Å². The van der Waals surface area contributed by atoms with Gasteiger partial charge in [-0.05, 0) is 66.1 Å². The fourth-order valence-corrected chi connectivity index (χ4v) is 3.03. The standard InChI is InChI=1S/C17H28N2/c1-13-7-8-15(14(2)11-13)19-12-16(3,4)18-10-9-17(19,5)6/h7-8,11,18H,9-10,12H2,1-6H3. The molecule has 0 radical (unpaired) electrons. The molecule has 1 aliphatic rings. The summed E-state index contributed by atoms with van der Waals surface area (Å²) in [5.41, 5.74) is 4.45. The minimum Gasteiger partial charge on any atom is -0.364 e. The molecule has 0 spiro atoms. The Hall–Kier alpha value is -1.02. The molecule has 1 aromatic rings. The molecular weight excluding hydrogens is 232 g/mol. The first-order chi connectivity index (χ1) is 8.71. The van der Waals surface area contributed by atoms with Gasteiger partial charge in [0.1, 0.15) is 0 Å². The SMILES string of the molecule is Cc1ccc(N2CC(C)(C)NCCC2(C)C)c(C)c1. The zero-order chi connectivity index (χ0) is 14.3. The summed E-state index contributed by atoms with van der Waals surface area (Å²) in [4.78, 5) is 2.59. The Bertz CT molecular complexity index is 460. The van der Waals surface area contributed by atoms with E-state index in [2.05, 4.69) is 70.0 Å². The van der Waals surface area contributed by atoms with Crippen molar-refractivity contribution in [3.05, 3.63) is 29.3 Å². The van der Waals surface area contributed by atoms with E-state index in [4.69, 9.17) is 0 Å². The van der Waals surface area contributed by atoms with Gasteiger partial charge in [-0.3, -0.25) is 0 Å². The summed E-state index contributed by atoms with van der Waals surface area (Å²) in [5, 5.41) is 3.67. The first-order valence-corrected chi connectivity index (χ1v) is 7.31. The van der Waals surface area contributed by atoms with Crippen LogP contribution in [0.1, 0.15) is 45.2 Å². The van der Waals surface area contributed by atoms with Crippen molar-refractivity contribution in [3.8, 4) is 0 Å². The van der Waals surface area contributed by atoms with Crippen LogP contribution < -0.4 is 10.2 Å². The average Bonchev–Trinajstić information content (AvgIpc) is 2.35. The molecule has 106 valence electrons. The van der Waals surface area contributed by atoms with E-state index in [-0.39, 0.29) is 11.1 Å². The number of rotatable bonds is 1. The number of aryl methyl sites for hydroxylation is 2. The zero-order valence-corrected chi connectivity index (χ0v) is 13.3. The maximum atomic E-state index is 3.67. The van der Waals surface area contributed by atoms with Gasteiger partial charge in [-0.15, -0.1) is 0 Å². The Morgan fingerprint density at radius 1 is 1.11 bits per heavy atom. The summed E-state index contributed by atoms with van der Waals surface area (Å²) in [6.07, 6.45) is 1.17. The first-order valence-electron chi connectivity index (χ1n) is 7.31. The monoisotopic (exact) mass is 260 g/mol. The highest BCUT2D eigenvalue weighted by Gasteiger charge is 2.35. The number of anilines is 1. The summed E-state index contributed by atoms with van der Waals surface area (Å²) < 4.78 is 0. The van der Waals surface area contributed by atoms with Crippen LogP contribution in [0.4, 0.5) is 5.69 Å². The van der Waals surface area contributed by atoms with Gasteiger partial charge in [-0.25, -0.2) is 0 Å². The van der Waals surface area contributed by atoms with Crippen molar-refractivity contribution in [2.24, 2.45) is 0 Å². The van der Waals surface area contributed by atoms with Crippen molar-refractivity contribution >= 4 is 5.69 Å². The molecule has 0 aliphatic carbocycles. The van der Waals surface area contributed by atoms with Crippen LogP contribution >= 0.6 is 0 Å². The molecule has 2 rings (SSSR count). The van der Waals surface area contributed by atoms with Crippen LogP contribution in [0.15, 0.2) is 18.2 Å². The topological polar surface area (TPSA) is 15.3 Å². The van der Waals surface area contributed by atoms with Crippen molar-refractivity contribution in [1.82, 2.24) is 5.32 Å². The average molecular weight is 260 g/mol.